The molecule has 0 unspecified atom stereocenters. The van der Waals surface area contributed by atoms with Crippen molar-refractivity contribution in [1.29, 1.82) is 0 Å². The molecule has 0 atom stereocenters. The van der Waals surface area contributed by atoms with Gasteiger partial charge in [-0.3, -0.25) is 4.57 Å². The second kappa shape index (κ2) is 18.7. The number of hydrogen-bond donors (Lipinski definition) is 0. The van der Waals surface area contributed by atoms with Gasteiger partial charge in [-0.2, -0.15) is 0 Å². The first kappa shape index (κ1) is 45.8. The van der Waals surface area contributed by atoms with E-state index in [1.807, 2.05) is 0 Å². The lowest BCUT2D eigenvalue weighted by Crippen LogP contribution is -1.97. The fourth-order valence-electron chi connectivity index (χ4n) is 12.1. The Bertz CT molecular complexity index is 4770. The van der Waals surface area contributed by atoms with Crippen LogP contribution in [-0.2, 0) is 0 Å². The Morgan fingerprint density at radius 3 is 1.21 bits per heavy atom. The first-order valence-electron chi connectivity index (χ1n) is 27.1. The van der Waals surface area contributed by atoms with E-state index in [1.54, 1.807) is 11.3 Å². The predicted octanol–water partition coefficient (Wildman–Crippen LogP) is 19.8. The minimum atomic E-state index is 0.905. The summed E-state index contributed by atoms with van der Waals surface area (Å²) < 4.78 is 8.14. The van der Waals surface area contributed by atoms with Crippen molar-refractivity contribution < 1.29 is 0 Å². The highest BCUT2D eigenvalue weighted by Crippen LogP contribution is 2.44. The minimum Gasteiger partial charge on any atom is -0.309 e. The lowest BCUT2D eigenvalue weighted by molar-refractivity contribution is 1.10. The lowest BCUT2D eigenvalue weighted by Gasteiger charge is -2.11. The molecule has 374 valence electrons. The van der Waals surface area contributed by atoms with E-state index in [4.69, 9.17) is 9.97 Å². The Hall–Kier alpha value is -10.4. The Labute approximate surface area is 465 Å². The van der Waals surface area contributed by atoms with E-state index in [-0.39, 0.29) is 0 Å². The second-order valence-electron chi connectivity index (χ2n) is 20.5. The fourth-order valence-corrected chi connectivity index (χ4v) is 13.2. The third kappa shape index (κ3) is 7.53. The fraction of sp³-hybridized carbons (Fsp3) is 0. The van der Waals surface area contributed by atoms with Gasteiger partial charge in [-0.1, -0.05) is 200 Å². The van der Waals surface area contributed by atoms with Gasteiger partial charge in [0.1, 0.15) is 10.8 Å². The molecule has 16 rings (SSSR count). The molecular formula is C74H47N5S. The van der Waals surface area contributed by atoms with Crippen LogP contribution < -0.4 is 0 Å². The van der Waals surface area contributed by atoms with Gasteiger partial charge in [0, 0.05) is 60.9 Å². The van der Waals surface area contributed by atoms with Crippen LogP contribution in [0.25, 0.3) is 148 Å². The first-order chi connectivity index (χ1) is 39.7. The van der Waals surface area contributed by atoms with Gasteiger partial charge >= 0.3 is 0 Å². The van der Waals surface area contributed by atoms with E-state index in [1.165, 1.54) is 65.9 Å². The minimum absolute atomic E-state index is 0.905. The highest BCUT2D eigenvalue weighted by atomic mass is 32.1. The van der Waals surface area contributed by atoms with Crippen LogP contribution in [0.4, 0.5) is 0 Å². The normalized spacial score (nSPS) is 11.8. The summed E-state index contributed by atoms with van der Waals surface area (Å²) >= 11 is 1.76. The lowest BCUT2D eigenvalue weighted by atomic mass is 9.95. The molecule has 6 heteroatoms. The van der Waals surface area contributed by atoms with Crippen LogP contribution in [-0.4, -0.2) is 23.7 Å². The van der Waals surface area contributed by atoms with Crippen LogP contribution in [0.5, 0.6) is 0 Å². The SMILES string of the molecule is c1ccc(-n2c(-c3ccc(-c4nc5c(-c6ccc(-c7ccc8c(c7)c7ccccc7n8-c7ccccc7)cc6)ccc(-c6ccc(-c7ccc8c(c7)c7ccccc7n8-c7ccccc7)cc6)c5s4)cc3)nc3ccccc32)cc1. The van der Waals surface area contributed by atoms with Crippen LogP contribution in [0.1, 0.15) is 0 Å². The van der Waals surface area contributed by atoms with Gasteiger partial charge in [0.25, 0.3) is 0 Å². The van der Waals surface area contributed by atoms with Crippen molar-refractivity contribution in [1.82, 2.24) is 23.7 Å². The number of hydrogen-bond acceptors (Lipinski definition) is 3. The van der Waals surface area contributed by atoms with Crippen molar-refractivity contribution >= 4 is 76.2 Å². The Balaban J connectivity index is 0.785. The number of rotatable bonds is 9. The van der Waals surface area contributed by atoms with Gasteiger partial charge < -0.3 is 9.13 Å². The number of imidazole rings is 1. The number of thiazole rings is 1. The average molecular weight is 1040 g/mol. The van der Waals surface area contributed by atoms with Gasteiger partial charge in [-0.25, -0.2) is 9.97 Å². The van der Waals surface area contributed by atoms with Crippen molar-refractivity contribution in [3.63, 3.8) is 0 Å². The summed E-state index contributed by atoms with van der Waals surface area (Å²) in [5, 5.41) is 5.94. The number of aromatic nitrogens is 5. The molecule has 5 nitrogen and oxygen atoms in total. The largest absolute Gasteiger partial charge is 0.309 e. The maximum Gasteiger partial charge on any atom is 0.145 e. The van der Waals surface area contributed by atoms with Crippen LogP contribution in [0, 0.1) is 0 Å². The second-order valence-corrected chi connectivity index (χ2v) is 21.5. The van der Waals surface area contributed by atoms with Crippen LogP contribution in [0.2, 0.25) is 0 Å². The Kier molecular flexibility index (Phi) is 10.7. The van der Waals surface area contributed by atoms with Crippen molar-refractivity contribution in [2.45, 2.75) is 0 Å². The van der Waals surface area contributed by atoms with Crippen molar-refractivity contribution in [2.75, 3.05) is 0 Å². The topological polar surface area (TPSA) is 40.6 Å². The highest BCUT2D eigenvalue weighted by molar-refractivity contribution is 7.22. The van der Waals surface area contributed by atoms with E-state index < -0.39 is 0 Å². The molecule has 12 aromatic carbocycles. The summed E-state index contributed by atoms with van der Waals surface area (Å²) in [6.45, 7) is 0. The van der Waals surface area contributed by atoms with E-state index in [0.29, 0.717) is 0 Å². The zero-order valence-corrected chi connectivity index (χ0v) is 44.1. The zero-order chi connectivity index (χ0) is 52.7. The summed E-state index contributed by atoms with van der Waals surface area (Å²) in [4.78, 5) is 10.7. The summed E-state index contributed by atoms with van der Waals surface area (Å²) in [6, 6.07) is 103. The molecule has 16 aromatic rings. The number of nitrogens with zero attached hydrogens (tertiary/aromatic N) is 5. The molecule has 80 heavy (non-hydrogen) atoms. The van der Waals surface area contributed by atoms with E-state index in [2.05, 4.69) is 299 Å². The van der Waals surface area contributed by atoms with Gasteiger partial charge in [0.2, 0.25) is 0 Å². The standard InChI is InChI=1S/C74H47N5S/c1-4-16-56(17-5-1)77-66-25-13-10-22-61(66)63-46-54(40-44-68(63)77)48-28-32-50(33-29-48)59-42-43-60(51-34-30-49(31-35-51)55-41-45-69-64(47-55)62-23-11-14-26-67(62)78(69)57-18-6-2-7-19-57)72-71(59)76-74(80-72)53-38-36-52(37-39-53)73-75-65-24-12-15-27-70(65)79(73)58-20-8-3-9-21-58/h1-47H. The summed E-state index contributed by atoms with van der Waals surface area (Å²) in [7, 11) is 0. The van der Waals surface area contributed by atoms with Crippen LogP contribution >= 0.6 is 11.3 Å². The number of benzene rings is 12. The highest BCUT2D eigenvalue weighted by Gasteiger charge is 2.20. The molecule has 0 aliphatic heterocycles. The zero-order valence-electron chi connectivity index (χ0n) is 43.3. The molecule has 4 heterocycles. The molecule has 4 aromatic heterocycles. The molecule has 0 bridgehead atoms. The third-order valence-corrected chi connectivity index (χ3v) is 17.1. The van der Waals surface area contributed by atoms with Gasteiger partial charge in [-0.05, 0) is 118 Å². The van der Waals surface area contributed by atoms with E-state index >= 15 is 0 Å². The molecule has 0 radical (unpaired) electrons. The predicted molar refractivity (Wildman–Crippen MR) is 336 cm³/mol. The van der Waals surface area contributed by atoms with Crippen LogP contribution in [0.3, 0.4) is 0 Å². The van der Waals surface area contributed by atoms with Gasteiger partial charge in [0.15, 0.2) is 0 Å². The molecule has 0 N–H and O–H groups in total. The molecule has 0 fully saturated rings. The van der Waals surface area contributed by atoms with Crippen LogP contribution in [0.15, 0.2) is 285 Å². The van der Waals surface area contributed by atoms with E-state index in [9.17, 15) is 0 Å². The number of para-hydroxylation sites is 7. The molecule has 0 saturated heterocycles. The summed E-state index contributed by atoms with van der Waals surface area (Å²) in [5.41, 5.74) is 22.6. The Morgan fingerprint density at radius 2 is 0.662 bits per heavy atom. The van der Waals surface area contributed by atoms with Gasteiger partial charge in [-0.15, -0.1) is 11.3 Å². The molecule has 0 saturated carbocycles. The number of fused-ring (bicyclic) bond motifs is 8. The molecule has 0 amide bonds. The maximum absolute atomic E-state index is 5.55. The smallest absolute Gasteiger partial charge is 0.145 e. The third-order valence-electron chi connectivity index (χ3n) is 15.9. The van der Waals surface area contributed by atoms with Crippen molar-refractivity contribution in [2.24, 2.45) is 0 Å². The molecular weight excluding hydrogens is 991 g/mol. The monoisotopic (exact) mass is 1040 g/mol. The van der Waals surface area contributed by atoms with E-state index in [0.717, 1.165) is 82.5 Å². The van der Waals surface area contributed by atoms with Gasteiger partial charge in [0.05, 0.1) is 43.3 Å². The summed E-state index contributed by atoms with van der Waals surface area (Å²) in [6.07, 6.45) is 0. The quantitative estimate of drug-likeness (QED) is 0.145. The van der Waals surface area contributed by atoms with Crippen molar-refractivity contribution in [3.8, 4) is 83.5 Å². The molecule has 0 spiro atoms. The maximum atomic E-state index is 5.55. The Morgan fingerprint density at radius 1 is 0.263 bits per heavy atom. The first-order valence-corrected chi connectivity index (χ1v) is 27.9. The summed E-state index contributed by atoms with van der Waals surface area (Å²) in [5.74, 6) is 0.905. The average Bonchev–Trinajstić information content (AvgIpc) is 4.33. The van der Waals surface area contributed by atoms with Crippen molar-refractivity contribution in [3.05, 3.63) is 285 Å². The molecule has 0 aliphatic rings. The molecule has 0 aliphatic carbocycles.